The highest BCUT2D eigenvalue weighted by Gasteiger charge is 2.27. The zero-order chi connectivity index (χ0) is 11.5. The van der Waals surface area contributed by atoms with Gasteiger partial charge in [0.25, 0.3) is 0 Å². The first-order chi connectivity index (χ1) is 7.65. The highest BCUT2D eigenvalue weighted by molar-refractivity contribution is 9.10. The van der Waals surface area contributed by atoms with Crippen molar-refractivity contribution in [2.24, 2.45) is 0 Å². The second-order valence-electron chi connectivity index (χ2n) is 3.77. The number of Topliss-reactive ketones (excluding diaryl/α,β-unsaturated/α-hetero) is 2. The number of hydrogen-bond donors (Lipinski definition) is 1. The smallest absolute Gasteiger partial charge is 0.156 e. The van der Waals surface area contributed by atoms with Crippen LogP contribution in [-0.4, -0.2) is 29.1 Å². The number of aromatic nitrogens is 1. The minimum absolute atomic E-state index is 0.0245. The summed E-state index contributed by atoms with van der Waals surface area (Å²) >= 11 is 3.25. The fourth-order valence-electron chi connectivity index (χ4n) is 1.69. The van der Waals surface area contributed by atoms with Crippen LogP contribution < -0.4 is 5.32 Å². The van der Waals surface area contributed by atoms with Crippen molar-refractivity contribution in [1.29, 1.82) is 0 Å². The van der Waals surface area contributed by atoms with Crippen molar-refractivity contribution in [1.82, 2.24) is 10.3 Å². The van der Waals surface area contributed by atoms with E-state index >= 15 is 0 Å². The Bertz CT molecular complexity index is 434. The van der Waals surface area contributed by atoms with Crippen LogP contribution in [0, 0.1) is 0 Å². The van der Waals surface area contributed by atoms with Gasteiger partial charge in [-0.2, -0.15) is 0 Å². The van der Waals surface area contributed by atoms with Crippen LogP contribution in [0.2, 0.25) is 0 Å². The molecule has 0 aromatic carbocycles. The number of hydrogen-bond acceptors (Lipinski definition) is 4. The Labute approximate surface area is 102 Å². The van der Waals surface area contributed by atoms with Crippen LogP contribution in [0.4, 0.5) is 0 Å². The molecule has 0 saturated carbocycles. The summed E-state index contributed by atoms with van der Waals surface area (Å²) in [7, 11) is 0. The molecular weight excluding hydrogens is 272 g/mol. The van der Waals surface area contributed by atoms with Gasteiger partial charge >= 0.3 is 0 Å². The second-order valence-corrected chi connectivity index (χ2v) is 4.58. The van der Waals surface area contributed by atoms with Gasteiger partial charge in [-0.05, 0) is 28.1 Å². The molecule has 2 rings (SSSR count). The molecule has 0 spiro atoms. The van der Waals surface area contributed by atoms with E-state index in [1.165, 1.54) is 0 Å². The van der Waals surface area contributed by atoms with Crippen LogP contribution in [-0.2, 0) is 16.0 Å². The summed E-state index contributed by atoms with van der Waals surface area (Å²) in [6.07, 6.45) is 0.581. The van der Waals surface area contributed by atoms with Crippen LogP contribution in [0.1, 0.15) is 12.1 Å². The van der Waals surface area contributed by atoms with Gasteiger partial charge in [-0.25, -0.2) is 4.98 Å². The van der Waals surface area contributed by atoms with Gasteiger partial charge in [0.05, 0.1) is 19.0 Å². The first kappa shape index (κ1) is 11.4. The number of carbonyl (C=O) groups is 2. The van der Waals surface area contributed by atoms with E-state index in [-0.39, 0.29) is 24.0 Å². The Morgan fingerprint density at radius 2 is 2.38 bits per heavy atom. The average molecular weight is 283 g/mol. The summed E-state index contributed by atoms with van der Waals surface area (Å²) in [6.45, 7) is 0.308. The summed E-state index contributed by atoms with van der Waals surface area (Å²) < 4.78 is 0.716. The highest BCUT2D eigenvalue weighted by atomic mass is 79.9. The van der Waals surface area contributed by atoms with Crippen LogP contribution in [0.3, 0.4) is 0 Å². The minimum atomic E-state index is -0.326. The number of nitrogens with one attached hydrogen (secondary N) is 1. The van der Waals surface area contributed by atoms with Gasteiger partial charge in [0.1, 0.15) is 10.4 Å². The third-order valence-electron chi connectivity index (χ3n) is 2.49. The standard InChI is InChI=1S/C11H11BrN2O2/c12-11-3-1-2-7(14-11)4-10(16)9-5-8(15)6-13-9/h1-3,9,13H,4-6H2/t9-/m0/s1. The van der Waals surface area contributed by atoms with Crippen LogP contribution >= 0.6 is 15.9 Å². The predicted molar refractivity (Wildman–Crippen MR) is 62.1 cm³/mol. The normalized spacial score (nSPS) is 20.1. The van der Waals surface area contributed by atoms with Crippen molar-refractivity contribution in [3.05, 3.63) is 28.5 Å². The quantitative estimate of drug-likeness (QED) is 0.837. The Morgan fingerprint density at radius 1 is 1.56 bits per heavy atom. The van der Waals surface area contributed by atoms with Crippen molar-refractivity contribution < 1.29 is 9.59 Å². The minimum Gasteiger partial charge on any atom is -0.300 e. The molecule has 1 aromatic heterocycles. The molecule has 2 heterocycles. The Kier molecular flexibility index (Phi) is 3.46. The van der Waals surface area contributed by atoms with E-state index in [2.05, 4.69) is 26.2 Å². The van der Waals surface area contributed by atoms with Gasteiger partial charge < -0.3 is 5.32 Å². The number of pyridine rings is 1. The second kappa shape index (κ2) is 4.84. The Morgan fingerprint density at radius 3 is 3.00 bits per heavy atom. The van der Waals surface area contributed by atoms with Crippen molar-refractivity contribution in [3.63, 3.8) is 0 Å². The molecule has 1 atom stereocenters. The molecule has 1 saturated heterocycles. The average Bonchev–Trinajstić information content (AvgIpc) is 2.65. The van der Waals surface area contributed by atoms with E-state index in [4.69, 9.17) is 0 Å². The summed E-state index contributed by atoms with van der Waals surface area (Å²) in [5, 5.41) is 2.90. The van der Waals surface area contributed by atoms with Crippen molar-refractivity contribution in [3.8, 4) is 0 Å². The molecule has 0 bridgehead atoms. The van der Waals surface area contributed by atoms with Crippen molar-refractivity contribution in [2.75, 3.05) is 6.54 Å². The van der Waals surface area contributed by atoms with Crippen molar-refractivity contribution >= 4 is 27.5 Å². The number of halogens is 1. The van der Waals surface area contributed by atoms with Crippen LogP contribution in [0.5, 0.6) is 0 Å². The molecule has 1 aliphatic rings. The third-order valence-corrected chi connectivity index (χ3v) is 2.94. The maximum absolute atomic E-state index is 11.8. The van der Waals surface area contributed by atoms with Crippen LogP contribution in [0.25, 0.3) is 0 Å². The van der Waals surface area contributed by atoms with E-state index in [9.17, 15) is 9.59 Å². The molecule has 1 aliphatic heterocycles. The Balaban J connectivity index is 1.99. The van der Waals surface area contributed by atoms with Gasteiger partial charge in [-0.1, -0.05) is 6.07 Å². The van der Waals surface area contributed by atoms with E-state index < -0.39 is 0 Å². The monoisotopic (exact) mass is 282 g/mol. The topological polar surface area (TPSA) is 59.1 Å². The molecule has 1 aromatic rings. The van der Waals surface area contributed by atoms with E-state index in [0.29, 0.717) is 17.6 Å². The summed E-state index contributed by atoms with van der Waals surface area (Å²) in [5.74, 6) is 0.122. The maximum atomic E-state index is 11.8. The molecule has 1 fully saturated rings. The molecular formula is C11H11BrN2O2. The number of rotatable bonds is 3. The zero-order valence-electron chi connectivity index (χ0n) is 8.57. The van der Waals surface area contributed by atoms with E-state index in [0.717, 1.165) is 5.69 Å². The molecule has 1 N–H and O–H groups in total. The largest absolute Gasteiger partial charge is 0.300 e. The third kappa shape index (κ3) is 2.74. The molecule has 0 aliphatic carbocycles. The zero-order valence-corrected chi connectivity index (χ0v) is 10.2. The van der Waals surface area contributed by atoms with Crippen molar-refractivity contribution in [2.45, 2.75) is 18.9 Å². The first-order valence-electron chi connectivity index (χ1n) is 5.04. The fourth-order valence-corrected chi connectivity index (χ4v) is 2.07. The molecule has 16 heavy (non-hydrogen) atoms. The van der Waals surface area contributed by atoms with E-state index in [1.807, 2.05) is 12.1 Å². The lowest BCUT2D eigenvalue weighted by molar-refractivity contribution is -0.122. The SMILES string of the molecule is O=C1CN[C@H](C(=O)Cc2cccc(Br)n2)C1. The molecule has 4 nitrogen and oxygen atoms in total. The molecule has 0 amide bonds. The molecule has 0 radical (unpaired) electrons. The predicted octanol–water partition coefficient (Wildman–Crippen LogP) is 0.887. The molecule has 0 unspecified atom stereocenters. The number of ketones is 2. The summed E-state index contributed by atoms with van der Waals surface area (Å²) in [6, 6.07) is 5.13. The lowest BCUT2D eigenvalue weighted by Gasteiger charge is -2.07. The lowest BCUT2D eigenvalue weighted by Crippen LogP contribution is -2.32. The Hall–Kier alpha value is -1.07. The van der Waals surface area contributed by atoms with Gasteiger partial charge in [0, 0.05) is 12.1 Å². The molecule has 5 heteroatoms. The highest BCUT2D eigenvalue weighted by Crippen LogP contribution is 2.10. The number of carbonyl (C=O) groups excluding carboxylic acids is 2. The number of nitrogens with zero attached hydrogens (tertiary/aromatic N) is 1. The van der Waals surface area contributed by atoms with Gasteiger partial charge in [0.2, 0.25) is 0 Å². The van der Waals surface area contributed by atoms with Crippen LogP contribution in [0.15, 0.2) is 22.8 Å². The first-order valence-corrected chi connectivity index (χ1v) is 5.83. The molecule has 84 valence electrons. The van der Waals surface area contributed by atoms with Gasteiger partial charge in [-0.3, -0.25) is 9.59 Å². The van der Waals surface area contributed by atoms with Gasteiger partial charge in [0.15, 0.2) is 5.78 Å². The summed E-state index contributed by atoms with van der Waals surface area (Å²) in [4.78, 5) is 27.0. The fraction of sp³-hybridized carbons (Fsp3) is 0.364. The lowest BCUT2D eigenvalue weighted by atomic mass is 10.1. The maximum Gasteiger partial charge on any atom is 0.156 e. The van der Waals surface area contributed by atoms with E-state index in [1.54, 1.807) is 6.07 Å². The summed E-state index contributed by atoms with van der Waals surface area (Å²) in [5.41, 5.74) is 0.723. The van der Waals surface area contributed by atoms with Gasteiger partial charge in [-0.15, -0.1) is 0 Å².